The van der Waals surface area contributed by atoms with Crippen LogP contribution in [0.5, 0.6) is 11.6 Å². The fraction of sp³-hybridized carbons (Fsp3) is 0.176. The third-order valence-electron chi connectivity index (χ3n) is 3.51. The second kappa shape index (κ2) is 7.52. The number of hydrogen-bond donors (Lipinski definition) is 1. The van der Waals surface area contributed by atoms with Gasteiger partial charge in [0.05, 0.1) is 0 Å². The Kier molecular flexibility index (Phi) is 4.98. The van der Waals surface area contributed by atoms with Crippen molar-refractivity contribution < 1.29 is 13.9 Å². The van der Waals surface area contributed by atoms with Crippen LogP contribution in [0.2, 0.25) is 0 Å². The molecule has 1 amide bonds. The number of carbonyl (C=O) groups excluding carboxylic acids is 1. The van der Waals surface area contributed by atoms with Gasteiger partial charge in [0.2, 0.25) is 11.8 Å². The van der Waals surface area contributed by atoms with E-state index in [-0.39, 0.29) is 11.7 Å². The summed E-state index contributed by atoms with van der Waals surface area (Å²) in [6.45, 7) is 2.06. The maximum atomic E-state index is 12.9. The van der Waals surface area contributed by atoms with E-state index in [1.54, 1.807) is 25.3 Å². The molecule has 2 aromatic heterocycles. The quantitative estimate of drug-likeness (QED) is 0.745. The van der Waals surface area contributed by atoms with Crippen molar-refractivity contribution in [2.45, 2.75) is 19.5 Å². The summed E-state index contributed by atoms with van der Waals surface area (Å²) in [5.74, 6) is 0.333. The van der Waals surface area contributed by atoms with Crippen LogP contribution in [0.1, 0.15) is 18.5 Å². The van der Waals surface area contributed by atoms with Gasteiger partial charge < -0.3 is 10.1 Å². The summed E-state index contributed by atoms with van der Waals surface area (Å²) in [6.07, 6.45) is 4.46. The molecule has 7 nitrogen and oxygen atoms in total. The van der Waals surface area contributed by atoms with E-state index in [4.69, 9.17) is 4.74 Å². The average Bonchev–Trinajstić information content (AvgIpc) is 3.16. The van der Waals surface area contributed by atoms with Crippen molar-refractivity contribution in [3.63, 3.8) is 0 Å². The number of carbonyl (C=O) groups is 1. The molecule has 0 spiro atoms. The lowest BCUT2D eigenvalue weighted by Crippen LogP contribution is -2.30. The van der Waals surface area contributed by atoms with Crippen LogP contribution in [0.25, 0.3) is 0 Å². The molecule has 1 atom stereocenters. The molecule has 2 heterocycles. The number of nitrogens with one attached hydrogen (secondary N) is 1. The molecule has 0 bridgehead atoms. The van der Waals surface area contributed by atoms with E-state index in [0.717, 1.165) is 5.56 Å². The molecular formula is C17H16FN5O2. The summed E-state index contributed by atoms with van der Waals surface area (Å²) in [6, 6.07) is 8.69. The molecule has 1 N–H and O–H groups in total. The van der Waals surface area contributed by atoms with Crippen LogP contribution in [0, 0.1) is 5.82 Å². The number of rotatable bonds is 6. The second-order valence-electron chi connectivity index (χ2n) is 5.33. The van der Waals surface area contributed by atoms with Crippen LogP contribution in [-0.2, 0) is 11.3 Å². The van der Waals surface area contributed by atoms with Crippen LogP contribution in [0.4, 0.5) is 4.39 Å². The molecule has 0 radical (unpaired) electrons. The van der Waals surface area contributed by atoms with Crippen molar-refractivity contribution in [1.29, 1.82) is 0 Å². The molecular weight excluding hydrogens is 325 g/mol. The van der Waals surface area contributed by atoms with E-state index in [9.17, 15) is 9.18 Å². The Balaban J connectivity index is 1.60. The lowest BCUT2D eigenvalue weighted by Gasteiger charge is -2.12. The molecule has 0 aliphatic heterocycles. The summed E-state index contributed by atoms with van der Waals surface area (Å²) < 4.78 is 20.0. The number of nitrogens with zero attached hydrogens (tertiary/aromatic N) is 4. The van der Waals surface area contributed by atoms with Crippen LogP contribution >= 0.6 is 0 Å². The van der Waals surface area contributed by atoms with Gasteiger partial charge in [-0.1, -0.05) is 0 Å². The Morgan fingerprint density at radius 1 is 1.32 bits per heavy atom. The van der Waals surface area contributed by atoms with Crippen molar-refractivity contribution in [2.24, 2.45) is 0 Å². The lowest BCUT2D eigenvalue weighted by atomic mass is 10.2. The van der Waals surface area contributed by atoms with Crippen LogP contribution in [-0.4, -0.2) is 25.7 Å². The van der Waals surface area contributed by atoms with Gasteiger partial charge in [-0.3, -0.25) is 4.79 Å². The van der Waals surface area contributed by atoms with Gasteiger partial charge >= 0.3 is 0 Å². The number of pyridine rings is 1. The molecule has 3 aromatic rings. The highest BCUT2D eigenvalue weighted by molar-refractivity contribution is 5.79. The SMILES string of the molecule is C[C@@H](C(=O)NCc1ccnc(Oc2ccc(F)cc2)c1)n1cncn1. The fourth-order valence-corrected chi connectivity index (χ4v) is 2.11. The van der Waals surface area contributed by atoms with Crippen LogP contribution in [0.3, 0.4) is 0 Å². The normalized spacial score (nSPS) is 11.8. The first-order valence-corrected chi connectivity index (χ1v) is 7.62. The lowest BCUT2D eigenvalue weighted by molar-refractivity contribution is -0.124. The Labute approximate surface area is 143 Å². The molecule has 0 saturated carbocycles. The highest BCUT2D eigenvalue weighted by Crippen LogP contribution is 2.20. The van der Waals surface area contributed by atoms with Gasteiger partial charge in [0, 0.05) is 18.8 Å². The minimum Gasteiger partial charge on any atom is -0.439 e. The molecule has 8 heteroatoms. The van der Waals surface area contributed by atoms with E-state index in [1.807, 2.05) is 0 Å². The third-order valence-corrected chi connectivity index (χ3v) is 3.51. The largest absolute Gasteiger partial charge is 0.439 e. The zero-order chi connectivity index (χ0) is 17.6. The first-order valence-electron chi connectivity index (χ1n) is 7.62. The van der Waals surface area contributed by atoms with Gasteiger partial charge in [-0.05, 0) is 42.8 Å². The smallest absolute Gasteiger partial charge is 0.244 e. The number of hydrogen-bond acceptors (Lipinski definition) is 5. The van der Waals surface area contributed by atoms with Gasteiger partial charge in [0.15, 0.2) is 0 Å². The maximum Gasteiger partial charge on any atom is 0.244 e. The summed E-state index contributed by atoms with van der Waals surface area (Å²) in [7, 11) is 0. The molecule has 0 saturated heterocycles. The predicted molar refractivity (Wildman–Crippen MR) is 87.3 cm³/mol. The monoisotopic (exact) mass is 341 g/mol. The minimum absolute atomic E-state index is 0.177. The third kappa shape index (κ3) is 4.37. The fourth-order valence-electron chi connectivity index (χ4n) is 2.11. The van der Waals surface area contributed by atoms with E-state index in [0.29, 0.717) is 18.2 Å². The number of benzene rings is 1. The molecule has 0 aliphatic rings. The molecule has 0 aliphatic carbocycles. The molecule has 25 heavy (non-hydrogen) atoms. The molecule has 1 aromatic carbocycles. The van der Waals surface area contributed by atoms with Crippen LogP contribution in [0.15, 0.2) is 55.2 Å². The minimum atomic E-state index is -0.459. The van der Waals surface area contributed by atoms with Crippen molar-refractivity contribution in [2.75, 3.05) is 0 Å². The number of aromatic nitrogens is 4. The predicted octanol–water partition coefficient (Wildman–Crippen LogP) is 2.48. The second-order valence-corrected chi connectivity index (χ2v) is 5.33. The summed E-state index contributed by atoms with van der Waals surface area (Å²) in [5.41, 5.74) is 0.825. The summed E-state index contributed by atoms with van der Waals surface area (Å²) in [4.78, 5) is 20.1. The van der Waals surface area contributed by atoms with E-state index >= 15 is 0 Å². The Bertz CT molecular complexity index is 837. The zero-order valence-corrected chi connectivity index (χ0v) is 13.5. The van der Waals surface area contributed by atoms with Gasteiger partial charge in [0.1, 0.15) is 30.3 Å². The van der Waals surface area contributed by atoms with E-state index < -0.39 is 6.04 Å². The summed E-state index contributed by atoms with van der Waals surface area (Å²) in [5, 5.41) is 6.77. The molecule has 0 unspecified atom stereocenters. The zero-order valence-electron chi connectivity index (χ0n) is 13.5. The highest BCUT2D eigenvalue weighted by Gasteiger charge is 2.14. The standard InChI is InChI=1S/C17H16FN5O2/c1-12(23-11-19-10-22-23)17(24)21-9-13-6-7-20-16(8-13)25-15-4-2-14(18)3-5-15/h2-8,10-12H,9H2,1H3,(H,21,24)/t12-/m0/s1. The molecule has 128 valence electrons. The van der Waals surface area contributed by atoms with Crippen LogP contribution < -0.4 is 10.1 Å². The van der Waals surface area contributed by atoms with Crippen molar-refractivity contribution in [3.05, 3.63) is 66.6 Å². The topological polar surface area (TPSA) is 81.9 Å². The Hall–Kier alpha value is -3.29. The average molecular weight is 341 g/mol. The molecule has 3 rings (SSSR count). The Morgan fingerprint density at radius 2 is 2.12 bits per heavy atom. The van der Waals surface area contributed by atoms with E-state index in [2.05, 4.69) is 20.4 Å². The first-order chi connectivity index (χ1) is 12.1. The van der Waals surface area contributed by atoms with Crippen molar-refractivity contribution >= 4 is 5.91 Å². The first kappa shape index (κ1) is 16.6. The van der Waals surface area contributed by atoms with E-state index in [1.165, 1.54) is 41.6 Å². The van der Waals surface area contributed by atoms with Gasteiger partial charge in [-0.2, -0.15) is 5.10 Å². The Morgan fingerprint density at radius 3 is 2.84 bits per heavy atom. The van der Waals surface area contributed by atoms with Gasteiger partial charge in [-0.25, -0.2) is 19.0 Å². The van der Waals surface area contributed by atoms with Crippen molar-refractivity contribution in [1.82, 2.24) is 25.1 Å². The number of amides is 1. The number of halogens is 1. The summed E-state index contributed by atoms with van der Waals surface area (Å²) >= 11 is 0. The molecule has 0 fully saturated rings. The maximum absolute atomic E-state index is 12.9. The number of ether oxygens (including phenoxy) is 1. The highest BCUT2D eigenvalue weighted by atomic mass is 19.1. The van der Waals surface area contributed by atoms with Gasteiger partial charge in [-0.15, -0.1) is 0 Å². The van der Waals surface area contributed by atoms with Crippen molar-refractivity contribution in [3.8, 4) is 11.6 Å². The van der Waals surface area contributed by atoms with Gasteiger partial charge in [0.25, 0.3) is 0 Å².